The summed E-state index contributed by atoms with van der Waals surface area (Å²) in [6.45, 7) is 13.8. The van der Waals surface area contributed by atoms with Gasteiger partial charge < -0.3 is 10.1 Å². The molecule has 0 spiro atoms. The van der Waals surface area contributed by atoms with Gasteiger partial charge in [-0.2, -0.15) is 13.2 Å². The van der Waals surface area contributed by atoms with E-state index in [0.29, 0.717) is 30.0 Å². The number of aryl methyl sites for hydroxylation is 1. The third kappa shape index (κ3) is 5.36. The number of hydrogen-bond acceptors (Lipinski definition) is 5. The Morgan fingerprint density at radius 1 is 1.14 bits per heavy atom. The van der Waals surface area contributed by atoms with Gasteiger partial charge in [-0.05, 0) is 64.7 Å². The first-order valence-corrected chi connectivity index (χ1v) is 13.1. The number of hydrogen-bond donors (Lipinski definition) is 1. The van der Waals surface area contributed by atoms with Gasteiger partial charge in [0.05, 0.1) is 22.5 Å². The van der Waals surface area contributed by atoms with E-state index in [2.05, 4.69) is 35.7 Å². The van der Waals surface area contributed by atoms with Crippen LogP contribution in [0.25, 0.3) is 0 Å². The van der Waals surface area contributed by atoms with Crippen LogP contribution in [0.2, 0.25) is 0 Å². The lowest BCUT2D eigenvalue weighted by molar-refractivity contribution is -0.137. The Morgan fingerprint density at radius 3 is 2.24 bits per heavy atom. The van der Waals surface area contributed by atoms with Gasteiger partial charge in [-0.25, -0.2) is 0 Å². The fourth-order valence-corrected chi connectivity index (χ4v) is 6.09. The van der Waals surface area contributed by atoms with Crippen molar-refractivity contribution in [1.29, 1.82) is 0 Å². The van der Waals surface area contributed by atoms with Crippen molar-refractivity contribution in [3.63, 3.8) is 0 Å². The minimum Gasteiger partial charge on any atom is -0.411 e. The second-order valence-electron chi connectivity index (χ2n) is 10.8. The number of amides is 1. The zero-order valence-electron chi connectivity index (χ0n) is 22.3. The van der Waals surface area contributed by atoms with Gasteiger partial charge in [0, 0.05) is 50.3 Å². The first-order valence-electron chi connectivity index (χ1n) is 13.1. The number of rotatable bonds is 5. The standard InChI is InChI=1S/C27H38F3N5O2/c1-6-23(21-7-9-22(10-8-21)27(28,29)30)34-16-15-33(17-18(34)2)26(5)11-13-32(14-12-26)25(36)24-19(3)31-35(37)20(24)4/h7-10,18,23,37H,6,11-17H2,1-5H3/t18-,23-/m0/s1. The summed E-state index contributed by atoms with van der Waals surface area (Å²) in [5.41, 5.74) is 1.74. The van der Waals surface area contributed by atoms with Gasteiger partial charge >= 0.3 is 6.18 Å². The van der Waals surface area contributed by atoms with E-state index in [1.165, 1.54) is 12.1 Å². The maximum absolute atomic E-state index is 13.1. The molecule has 0 bridgehead atoms. The van der Waals surface area contributed by atoms with Gasteiger partial charge in [0.2, 0.25) is 0 Å². The number of likely N-dealkylation sites (tertiary alicyclic amines) is 1. The number of piperazine rings is 1. The van der Waals surface area contributed by atoms with Crippen LogP contribution in [-0.2, 0) is 6.18 Å². The number of nitrogens with zero attached hydrogens (tertiary/aromatic N) is 5. The lowest BCUT2D eigenvalue weighted by Gasteiger charge is -2.52. The molecule has 37 heavy (non-hydrogen) atoms. The second-order valence-corrected chi connectivity index (χ2v) is 10.8. The molecule has 2 aliphatic heterocycles. The molecule has 3 heterocycles. The minimum absolute atomic E-state index is 0.0293. The predicted octanol–water partition coefficient (Wildman–Crippen LogP) is 4.91. The molecule has 0 aliphatic carbocycles. The molecule has 10 heteroatoms. The highest BCUT2D eigenvalue weighted by Gasteiger charge is 2.41. The van der Waals surface area contributed by atoms with Crippen molar-refractivity contribution in [2.24, 2.45) is 0 Å². The quantitative estimate of drug-likeness (QED) is 0.567. The Hall–Kier alpha value is -2.59. The summed E-state index contributed by atoms with van der Waals surface area (Å²) in [5.74, 6) is -0.0853. The molecule has 2 fully saturated rings. The zero-order valence-corrected chi connectivity index (χ0v) is 22.3. The molecular weight excluding hydrogens is 483 g/mol. The Balaban J connectivity index is 1.38. The van der Waals surface area contributed by atoms with Gasteiger partial charge in [-0.15, -0.1) is 9.94 Å². The number of carbonyl (C=O) groups is 1. The van der Waals surface area contributed by atoms with Crippen molar-refractivity contribution in [2.75, 3.05) is 32.7 Å². The van der Waals surface area contributed by atoms with E-state index >= 15 is 0 Å². The third-order valence-electron chi connectivity index (χ3n) is 8.46. The highest BCUT2D eigenvalue weighted by Crippen LogP contribution is 2.36. The van der Waals surface area contributed by atoms with E-state index in [4.69, 9.17) is 0 Å². The fraction of sp³-hybridized carbons (Fsp3) is 0.630. The van der Waals surface area contributed by atoms with Crippen molar-refractivity contribution in [3.05, 3.63) is 52.3 Å². The zero-order chi connectivity index (χ0) is 27.1. The molecule has 1 amide bonds. The van der Waals surface area contributed by atoms with Crippen LogP contribution in [0, 0.1) is 13.8 Å². The molecule has 7 nitrogen and oxygen atoms in total. The second kappa shape index (κ2) is 10.3. The van der Waals surface area contributed by atoms with Crippen LogP contribution in [-0.4, -0.2) is 80.1 Å². The van der Waals surface area contributed by atoms with Crippen molar-refractivity contribution in [1.82, 2.24) is 24.6 Å². The first kappa shape index (κ1) is 27.4. The van der Waals surface area contributed by atoms with E-state index in [-0.39, 0.29) is 23.5 Å². The molecule has 0 saturated carbocycles. The Labute approximate surface area is 216 Å². The maximum atomic E-state index is 13.1. The summed E-state index contributed by atoms with van der Waals surface area (Å²) in [6.07, 6.45) is -1.79. The molecule has 2 aromatic rings. The van der Waals surface area contributed by atoms with E-state index in [1.54, 1.807) is 26.0 Å². The van der Waals surface area contributed by atoms with Crippen LogP contribution in [0.15, 0.2) is 24.3 Å². The topological polar surface area (TPSA) is 64.8 Å². The van der Waals surface area contributed by atoms with Gasteiger partial charge in [-0.1, -0.05) is 19.1 Å². The average molecular weight is 522 g/mol. The third-order valence-corrected chi connectivity index (χ3v) is 8.46. The van der Waals surface area contributed by atoms with E-state index in [0.717, 1.165) is 49.3 Å². The molecule has 2 atom stereocenters. The van der Waals surface area contributed by atoms with Crippen molar-refractivity contribution < 1.29 is 23.2 Å². The minimum atomic E-state index is -4.33. The van der Waals surface area contributed by atoms with Crippen LogP contribution < -0.4 is 0 Å². The molecule has 1 aromatic carbocycles. The monoisotopic (exact) mass is 521 g/mol. The van der Waals surface area contributed by atoms with Gasteiger partial charge in [0.15, 0.2) is 0 Å². The highest BCUT2D eigenvalue weighted by molar-refractivity contribution is 5.96. The normalized spacial score (nSPS) is 22.3. The molecule has 4 rings (SSSR count). The number of halogens is 3. The van der Waals surface area contributed by atoms with Crippen LogP contribution in [0.5, 0.6) is 0 Å². The van der Waals surface area contributed by atoms with Crippen molar-refractivity contribution >= 4 is 5.91 Å². The molecule has 1 aromatic heterocycles. The summed E-state index contributed by atoms with van der Waals surface area (Å²) >= 11 is 0. The highest BCUT2D eigenvalue weighted by atomic mass is 19.4. The van der Waals surface area contributed by atoms with E-state index in [1.807, 2.05) is 4.90 Å². The first-order chi connectivity index (χ1) is 17.4. The number of aromatic nitrogens is 2. The molecule has 1 N–H and O–H groups in total. The van der Waals surface area contributed by atoms with E-state index < -0.39 is 11.7 Å². The Kier molecular flexibility index (Phi) is 7.63. The summed E-state index contributed by atoms with van der Waals surface area (Å²) in [4.78, 5) is 20.7. The molecule has 2 saturated heterocycles. The SMILES string of the molecule is CC[C@@H](c1ccc(C(F)(F)F)cc1)N1CCN(C2(C)CCN(C(=O)c3c(C)nn(O)c3C)CC2)C[C@@H]1C. The molecule has 2 aliphatic rings. The van der Waals surface area contributed by atoms with Crippen LogP contribution >= 0.6 is 0 Å². The van der Waals surface area contributed by atoms with Crippen molar-refractivity contribution in [2.45, 2.75) is 77.7 Å². The number of carbonyl (C=O) groups excluding carboxylic acids is 1. The van der Waals surface area contributed by atoms with Gasteiger partial charge in [-0.3, -0.25) is 14.6 Å². The number of alkyl halides is 3. The van der Waals surface area contributed by atoms with Crippen LogP contribution in [0.3, 0.4) is 0 Å². The van der Waals surface area contributed by atoms with Gasteiger partial charge in [0.25, 0.3) is 5.91 Å². The molecule has 0 unspecified atom stereocenters. The van der Waals surface area contributed by atoms with Crippen molar-refractivity contribution in [3.8, 4) is 0 Å². The van der Waals surface area contributed by atoms with Crippen LogP contribution in [0.1, 0.15) is 78.9 Å². The van der Waals surface area contributed by atoms with Gasteiger partial charge in [0.1, 0.15) is 0 Å². The maximum Gasteiger partial charge on any atom is 0.416 e. The largest absolute Gasteiger partial charge is 0.416 e. The van der Waals surface area contributed by atoms with Crippen LogP contribution in [0.4, 0.5) is 13.2 Å². The number of piperidine rings is 1. The predicted molar refractivity (Wildman–Crippen MR) is 135 cm³/mol. The molecule has 204 valence electrons. The average Bonchev–Trinajstić information content (AvgIpc) is 3.11. The Bertz CT molecular complexity index is 1110. The summed E-state index contributed by atoms with van der Waals surface area (Å²) in [7, 11) is 0. The molecule has 0 radical (unpaired) electrons. The fourth-order valence-electron chi connectivity index (χ4n) is 6.09. The van der Waals surface area contributed by atoms with E-state index in [9.17, 15) is 23.2 Å². The summed E-state index contributed by atoms with van der Waals surface area (Å²) in [5, 5.41) is 13.8. The molecular formula is C27H38F3N5O2. The summed E-state index contributed by atoms with van der Waals surface area (Å²) < 4.78 is 39.0. The smallest absolute Gasteiger partial charge is 0.411 e. The number of benzene rings is 1. The lowest BCUT2D eigenvalue weighted by atomic mass is 9.85. The Morgan fingerprint density at radius 2 is 1.76 bits per heavy atom. The lowest BCUT2D eigenvalue weighted by Crippen LogP contribution is -2.62. The summed E-state index contributed by atoms with van der Waals surface area (Å²) in [6, 6.07) is 5.93.